The van der Waals surface area contributed by atoms with E-state index in [-0.39, 0.29) is 18.1 Å². The molecule has 5 heteroatoms. The third-order valence-electron chi connectivity index (χ3n) is 3.24. The van der Waals surface area contributed by atoms with Gasteiger partial charge in [0.05, 0.1) is 12.1 Å². The van der Waals surface area contributed by atoms with Crippen LogP contribution in [0.2, 0.25) is 0 Å². The lowest BCUT2D eigenvalue weighted by atomic mass is 10.2. The lowest BCUT2D eigenvalue weighted by Gasteiger charge is -2.05. The van der Waals surface area contributed by atoms with Crippen LogP contribution in [0.1, 0.15) is 5.56 Å². The Morgan fingerprint density at radius 3 is 2.61 bits per heavy atom. The minimum absolute atomic E-state index is 0.0919. The van der Waals surface area contributed by atoms with Crippen LogP contribution in [0.25, 0.3) is 10.9 Å². The summed E-state index contributed by atoms with van der Waals surface area (Å²) >= 11 is 0. The number of anilines is 1. The zero-order chi connectivity index (χ0) is 16.7. The summed E-state index contributed by atoms with van der Waals surface area (Å²) in [5.74, 6) is 0.559. The van der Waals surface area contributed by atoms with Crippen molar-refractivity contribution < 1.29 is 15.3 Å². The lowest BCUT2D eigenvalue weighted by Crippen LogP contribution is -2.04. The number of aliphatic hydroxyl groups excluding tert-OH is 1. The second-order valence-corrected chi connectivity index (χ2v) is 5.03. The number of fused-ring (bicyclic) bond motifs is 1. The molecule has 0 amide bonds. The van der Waals surface area contributed by atoms with E-state index in [2.05, 4.69) is 10.3 Å². The minimum Gasteiger partial charge on any atom is -0.508 e. The van der Waals surface area contributed by atoms with E-state index >= 15 is 0 Å². The number of nitrogens with one attached hydrogen (secondary N) is 1. The summed E-state index contributed by atoms with van der Waals surface area (Å²) in [7, 11) is 0. The first-order valence-electron chi connectivity index (χ1n) is 7.28. The summed E-state index contributed by atoms with van der Waals surface area (Å²) in [6.45, 7) is 2.43. The molecule has 0 spiro atoms. The maximum atomic E-state index is 9.30. The van der Waals surface area contributed by atoms with E-state index in [1.807, 2.05) is 31.2 Å². The monoisotopic (exact) mass is 312 g/mol. The molecule has 0 aliphatic rings. The van der Waals surface area contributed by atoms with E-state index in [4.69, 9.17) is 10.2 Å². The molecule has 0 radical (unpaired) electrons. The van der Waals surface area contributed by atoms with Crippen LogP contribution in [0.5, 0.6) is 11.5 Å². The highest BCUT2D eigenvalue weighted by Crippen LogP contribution is 2.20. The molecular weight excluding hydrogens is 292 g/mol. The van der Waals surface area contributed by atoms with Gasteiger partial charge in [0.2, 0.25) is 0 Å². The summed E-state index contributed by atoms with van der Waals surface area (Å²) < 4.78 is 0. The molecule has 120 valence electrons. The summed E-state index contributed by atoms with van der Waals surface area (Å²) in [6.07, 6.45) is 1.74. The fraction of sp³-hybridized carbons (Fsp3) is 0.167. The predicted molar refractivity (Wildman–Crippen MR) is 91.8 cm³/mol. The molecule has 1 heterocycles. The lowest BCUT2D eigenvalue weighted by molar-refractivity contribution is 0.311. The Morgan fingerprint density at radius 2 is 1.87 bits per heavy atom. The third-order valence-corrected chi connectivity index (χ3v) is 3.24. The zero-order valence-corrected chi connectivity index (χ0v) is 12.9. The molecule has 1 aromatic heterocycles. The molecule has 5 nitrogen and oxygen atoms in total. The van der Waals surface area contributed by atoms with E-state index < -0.39 is 0 Å². The molecule has 0 fully saturated rings. The number of aromatic hydroxyl groups is 2. The number of hydrogen-bond donors (Lipinski definition) is 4. The van der Waals surface area contributed by atoms with Gasteiger partial charge in [-0.2, -0.15) is 0 Å². The Balaban J connectivity index is 0.000000167. The highest BCUT2D eigenvalue weighted by Gasteiger charge is 1.96. The molecule has 0 bridgehead atoms. The average Bonchev–Trinajstić information content (AvgIpc) is 2.56. The van der Waals surface area contributed by atoms with Crippen LogP contribution in [0.15, 0.2) is 54.7 Å². The van der Waals surface area contributed by atoms with Gasteiger partial charge in [-0.25, -0.2) is 0 Å². The quantitative estimate of drug-likeness (QED) is 0.597. The predicted octanol–water partition coefficient (Wildman–Crippen LogP) is 3.05. The SMILES string of the molecule is Cc1ccc(NCCO)cc1O.Oc1ccc2ncccc2c1. The molecule has 0 aliphatic heterocycles. The first-order chi connectivity index (χ1) is 11.1. The van der Waals surface area contributed by atoms with E-state index in [1.165, 1.54) is 0 Å². The van der Waals surface area contributed by atoms with Gasteiger partial charge in [0.15, 0.2) is 0 Å². The number of rotatable bonds is 3. The van der Waals surface area contributed by atoms with Gasteiger partial charge in [-0.15, -0.1) is 0 Å². The Kier molecular flexibility index (Phi) is 5.77. The average molecular weight is 312 g/mol. The molecule has 0 atom stereocenters. The van der Waals surface area contributed by atoms with Crippen molar-refractivity contribution in [1.82, 2.24) is 4.98 Å². The van der Waals surface area contributed by atoms with E-state index in [0.29, 0.717) is 6.54 Å². The topological polar surface area (TPSA) is 85.6 Å². The number of nitrogens with zero attached hydrogens (tertiary/aromatic N) is 1. The van der Waals surface area contributed by atoms with Crippen LogP contribution in [0.4, 0.5) is 5.69 Å². The van der Waals surface area contributed by atoms with Crippen LogP contribution >= 0.6 is 0 Å². The Labute approximate surface area is 134 Å². The number of pyridine rings is 1. The molecule has 4 N–H and O–H groups in total. The number of aliphatic hydroxyl groups is 1. The van der Waals surface area contributed by atoms with Gasteiger partial charge in [-0.05, 0) is 42.8 Å². The normalized spacial score (nSPS) is 10.0. The van der Waals surface area contributed by atoms with Gasteiger partial charge in [0, 0.05) is 29.9 Å². The number of aryl methyl sites for hydroxylation is 1. The maximum Gasteiger partial charge on any atom is 0.120 e. The second-order valence-electron chi connectivity index (χ2n) is 5.03. The molecule has 0 aliphatic carbocycles. The fourth-order valence-electron chi connectivity index (χ4n) is 1.98. The minimum atomic E-state index is 0.0919. The molecule has 3 rings (SSSR count). The standard InChI is InChI=1S/C9H13NO2.C9H7NO/c1-7-2-3-8(6-9(7)12)10-4-5-11;11-8-3-4-9-7(6-8)2-1-5-10-9/h2-3,6,10-12H,4-5H2,1H3;1-6,11H. The van der Waals surface area contributed by atoms with Crippen LogP contribution in [-0.2, 0) is 0 Å². The number of benzene rings is 2. The number of phenols is 2. The number of hydrogen-bond acceptors (Lipinski definition) is 5. The van der Waals surface area contributed by atoms with Crippen molar-refractivity contribution in [1.29, 1.82) is 0 Å². The highest BCUT2D eigenvalue weighted by atomic mass is 16.3. The third kappa shape index (κ3) is 4.86. The molecule has 0 unspecified atom stereocenters. The largest absolute Gasteiger partial charge is 0.508 e. The first kappa shape index (κ1) is 16.6. The van der Waals surface area contributed by atoms with Crippen molar-refractivity contribution in [3.8, 4) is 11.5 Å². The van der Waals surface area contributed by atoms with Crippen LogP contribution in [0.3, 0.4) is 0 Å². The van der Waals surface area contributed by atoms with Crippen molar-refractivity contribution in [2.75, 3.05) is 18.5 Å². The summed E-state index contributed by atoms with van der Waals surface area (Å²) in [5, 5.41) is 30.8. The molecule has 23 heavy (non-hydrogen) atoms. The second kappa shape index (κ2) is 8.00. The molecule has 0 saturated heterocycles. The van der Waals surface area contributed by atoms with Gasteiger partial charge in [-0.1, -0.05) is 12.1 Å². The number of aromatic nitrogens is 1. The van der Waals surface area contributed by atoms with Gasteiger partial charge < -0.3 is 20.6 Å². The molecule has 3 aromatic rings. The molecule has 0 saturated carbocycles. The summed E-state index contributed by atoms with van der Waals surface area (Å²) in [6, 6.07) is 14.2. The summed E-state index contributed by atoms with van der Waals surface area (Å²) in [5.41, 5.74) is 2.59. The van der Waals surface area contributed by atoms with Gasteiger partial charge in [0.25, 0.3) is 0 Å². The van der Waals surface area contributed by atoms with E-state index in [9.17, 15) is 5.11 Å². The smallest absolute Gasteiger partial charge is 0.120 e. The Bertz CT molecular complexity index is 775. The molecular formula is C18H20N2O3. The van der Waals surface area contributed by atoms with Crippen molar-refractivity contribution in [3.05, 3.63) is 60.3 Å². The van der Waals surface area contributed by atoms with Crippen LogP contribution in [-0.4, -0.2) is 33.5 Å². The van der Waals surface area contributed by atoms with Crippen molar-refractivity contribution >= 4 is 16.6 Å². The van der Waals surface area contributed by atoms with Gasteiger partial charge in [0.1, 0.15) is 11.5 Å². The maximum absolute atomic E-state index is 9.30. The zero-order valence-electron chi connectivity index (χ0n) is 12.9. The molecule has 2 aromatic carbocycles. The first-order valence-corrected chi connectivity index (χ1v) is 7.28. The van der Waals surface area contributed by atoms with Crippen molar-refractivity contribution in [2.45, 2.75) is 6.92 Å². The van der Waals surface area contributed by atoms with Crippen molar-refractivity contribution in [2.24, 2.45) is 0 Å². The van der Waals surface area contributed by atoms with Crippen molar-refractivity contribution in [3.63, 3.8) is 0 Å². The van der Waals surface area contributed by atoms with E-state index in [1.54, 1.807) is 30.5 Å². The Morgan fingerprint density at radius 1 is 1.04 bits per heavy atom. The van der Waals surface area contributed by atoms with Gasteiger partial charge >= 0.3 is 0 Å². The van der Waals surface area contributed by atoms with Crippen LogP contribution in [0, 0.1) is 6.92 Å². The van der Waals surface area contributed by atoms with Gasteiger partial charge in [-0.3, -0.25) is 4.98 Å². The summed E-state index contributed by atoms with van der Waals surface area (Å²) in [4.78, 5) is 4.11. The number of phenolic OH excluding ortho intramolecular Hbond substituents is 2. The Hall–Kier alpha value is -2.79. The van der Waals surface area contributed by atoms with Crippen LogP contribution < -0.4 is 5.32 Å². The highest BCUT2D eigenvalue weighted by molar-refractivity contribution is 5.79. The van der Waals surface area contributed by atoms with E-state index in [0.717, 1.165) is 22.2 Å². The fourth-order valence-corrected chi connectivity index (χ4v) is 1.98.